The van der Waals surface area contributed by atoms with Crippen molar-refractivity contribution in [2.75, 3.05) is 5.32 Å². The molecule has 0 radical (unpaired) electrons. The van der Waals surface area contributed by atoms with Gasteiger partial charge in [-0.05, 0) is 31.2 Å². The van der Waals surface area contributed by atoms with Crippen LogP contribution in [0.15, 0.2) is 41.1 Å². The fraction of sp³-hybridized carbons (Fsp3) is 0.0667. The summed E-state index contributed by atoms with van der Waals surface area (Å²) in [7, 11) is 0. The van der Waals surface area contributed by atoms with Crippen LogP contribution in [0.3, 0.4) is 0 Å². The molecule has 3 aromatic rings. The van der Waals surface area contributed by atoms with Crippen LogP contribution in [0.5, 0.6) is 0 Å². The van der Waals surface area contributed by atoms with Crippen molar-refractivity contribution < 1.29 is 9.21 Å². The molecule has 1 N–H and O–H groups in total. The lowest BCUT2D eigenvalue weighted by molar-refractivity contribution is 0.102. The summed E-state index contributed by atoms with van der Waals surface area (Å²) in [5.41, 5.74) is 2.04. The van der Waals surface area contributed by atoms with Gasteiger partial charge >= 0.3 is 6.01 Å². The molecule has 3 aromatic heterocycles. The SMILES string of the molecule is Cc1ccc(C(=O)Nc2nnc(-c3ccc(C#N)nc3)o2)cn1. The van der Waals surface area contributed by atoms with Crippen LogP contribution < -0.4 is 5.32 Å². The number of hydrogen-bond donors (Lipinski definition) is 1. The summed E-state index contributed by atoms with van der Waals surface area (Å²) in [6.45, 7) is 1.83. The molecule has 0 atom stereocenters. The van der Waals surface area contributed by atoms with Crippen LogP contribution in [0.1, 0.15) is 21.7 Å². The summed E-state index contributed by atoms with van der Waals surface area (Å²) in [5.74, 6) is -0.204. The quantitative estimate of drug-likeness (QED) is 0.785. The molecule has 0 saturated heterocycles. The number of carbonyl (C=O) groups is 1. The van der Waals surface area contributed by atoms with E-state index in [0.29, 0.717) is 11.1 Å². The number of nitriles is 1. The van der Waals surface area contributed by atoms with Crippen LogP contribution in [-0.4, -0.2) is 26.1 Å². The highest BCUT2D eigenvalue weighted by Crippen LogP contribution is 2.19. The van der Waals surface area contributed by atoms with Gasteiger partial charge in [0.2, 0.25) is 0 Å². The second kappa shape index (κ2) is 6.03. The molecular formula is C15H10N6O2. The van der Waals surface area contributed by atoms with Gasteiger partial charge in [-0.3, -0.25) is 15.1 Å². The van der Waals surface area contributed by atoms with Gasteiger partial charge in [0, 0.05) is 18.1 Å². The van der Waals surface area contributed by atoms with Crippen molar-refractivity contribution in [3.8, 4) is 17.5 Å². The van der Waals surface area contributed by atoms with Crippen molar-refractivity contribution in [1.82, 2.24) is 20.2 Å². The monoisotopic (exact) mass is 306 g/mol. The molecule has 0 fully saturated rings. The van der Waals surface area contributed by atoms with Gasteiger partial charge < -0.3 is 4.42 Å². The van der Waals surface area contributed by atoms with E-state index in [2.05, 4.69) is 25.5 Å². The predicted octanol–water partition coefficient (Wildman–Crippen LogP) is 1.96. The average Bonchev–Trinajstić information content (AvgIpc) is 3.04. The first kappa shape index (κ1) is 14.3. The van der Waals surface area contributed by atoms with Crippen molar-refractivity contribution in [2.45, 2.75) is 6.92 Å². The molecule has 0 aliphatic heterocycles. The summed E-state index contributed by atoms with van der Waals surface area (Å²) < 4.78 is 5.36. The zero-order chi connectivity index (χ0) is 16.2. The molecule has 112 valence electrons. The maximum absolute atomic E-state index is 12.0. The lowest BCUT2D eigenvalue weighted by Gasteiger charge is -2.00. The van der Waals surface area contributed by atoms with Gasteiger partial charge in [0.25, 0.3) is 11.8 Å². The maximum Gasteiger partial charge on any atom is 0.322 e. The van der Waals surface area contributed by atoms with E-state index in [4.69, 9.17) is 9.68 Å². The van der Waals surface area contributed by atoms with Gasteiger partial charge in [0.1, 0.15) is 11.8 Å². The fourth-order valence-electron chi connectivity index (χ4n) is 1.75. The Labute approximate surface area is 130 Å². The van der Waals surface area contributed by atoms with Crippen molar-refractivity contribution in [2.24, 2.45) is 0 Å². The van der Waals surface area contributed by atoms with Gasteiger partial charge in [-0.25, -0.2) is 4.98 Å². The number of anilines is 1. The molecule has 3 rings (SSSR count). The zero-order valence-electron chi connectivity index (χ0n) is 12.0. The van der Waals surface area contributed by atoms with Crippen LogP contribution in [0.2, 0.25) is 0 Å². The summed E-state index contributed by atoms with van der Waals surface area (Å²) in [5, 5.41) is 18.8. The number of rotatable bonds is 3. The molecular weight excluding hydrogens is 296 g/mol. The average molecular weight is 306 g/mol. The van der Waals surface area contributed by atoms with Gasteiger partial charge in [0.05, 0.1) is 11.1 Å². The molecule has 0 saturated carbocycles. The second-order valence-corrected chi connectivity index (χ2v) is 4.60. The van der Waals surface area contributed by atoms with Crippen molar-refractivity contribution in [1.29, 1.82) is 5.26 Å². The normalized spacial score (nSPS) is 10.1. The van der Waals surface area contributed by atoms with Crippen molar-refractivity contribution in [3.05, 3.63) is 53.6 Å². The highest BCUT2D eigenvalue weighted by Gasteiger charge is 2.13. The number of pyridine rings is 2. The summed E-state index contributed by atoms with van der Waals surface area (Å²) in [6.07, 6.45) is 2.91. The largest absolute Gasteiger partial charge is 0.403 e. The van der Waals surface area contributed by atoms with E-state index in [1.54, 1.807) is 18.2 Å². The van der Waals surface area contributed by atoms with Crippen LogP contribution in [-0.2, 0) is 0 Å². The fourth-order valence-corrected chi connectivity index (χ4v) is 1.75. The first-order valence-corrected chi connectivity index (χ1v) is 6.60. The minimum Gasteiger partial charge on any atom is -0.403 e. The lowest BCUT2D eigenvalue weighted by Crippen LogP contribution is -2.12. The van der Waals surface area contributed by atoms with Crippen LogP contribution >= 0.6 is 0 Å². The van der Waals surface area contributed by atoms with Gasteiger partial charge in [-0.15, -0.1) is 5.10 Å². The Morgan fingerprint density at radius 2 is 2.04 bits per heavy atom. The minimum absolute atomic E-state index is 0.0325. The summed E-state index contributed by atoms with van der Waals surface area (Å²) in [6, 6.07) is 8.44. The Balaban J connectivity index is 1.75. The summed E-state index contributed by atoms with van der Waals surface area (Å²) >= 11 is 0. The van der Waals surface area contributed by atoms with Gasteiger partial charge in [-0.2, -0.15) is 5.26 Å². The smallest absolute Gasteiger partial charge is 0.322 e. The topological polar surface area (TPSA) is 118 Å². The highest BCUT2D eigenvalue weighted by molar-refractivity contribution is 6.02. The van der Waals surface area contributed by atoms with Crippen molar-refractivity contribution >= 4 is 11.9 Å². The Bertz CT molecular complexity index is 878. The molecule has 0 aliphatic carbocycles. The number of nitrogens with zero attached hydrogens (tertiary/aromatic N) is 5. The van der Waals surface area contributed by atoms with E-state index in [-0.39, 0.29) is 17.6 Å². The minimum atomic E-state index is -0.398. The van der Waals surface area contributed by atoms with E-state index in [1.807, 2.05) is 13.0 Å². The standard InChI is InChI=1S/C15H10N6O2/c1-9-2-3-10(7-17-9)13(22)19-15-21-20-14(23-15)11-4-5-12(6-16)18-8-11/h2-5,7-8H,1H3,(H,19,21,22). The van der Waals surface area contributed by atoms with Gasteiger partial charge in [0.15, 0.2) is 0 Å². The Morgan fingerprint density at radius 3 is 2.70 bits per heavy atom. The molecule has 1 amide bonds. The number of nitrogens with one attached hydrogen (secondary N) is 1. The number of hydrogen-bond acceptors (Lipinski definition) is 7. The zero-order valence-corrected chi connectivity index (χ0v) is 12.0. The molecule has 3 heterocycles. The third kappa shape index (κ3) is 3.19. The van der Waals surface area contributed by atoms with E-state index < -0.39 is 5.91 Å². The Kier molecular flexibility index (Phi) is 3.76. The molecule has 8 heteroatoms. The molecule has 8 nitrogen and oxygen atoms in total. The number of aryl methyl sites for hydroxylation is 1. The highest BCUT2D eigenvalue weighted by atomic mass is 16.4. The molecule has 0 aliphatic rings. The molecule has 0 spiro atoms. The van der Waals surface area contributed by atoms with E-state index in [0.717, 1.165) is 5.69 Å². The molecule has 0 aromatic carbocycles. The second-order valence-electron chi connectivity index (χ2n) is 4.60. The first-order valence-electron chi connectivity index (χ1n) is 6.60. The van der Waals surface area contributed by atoms with E-state index >= 15 is 0 Å². The van der Waals surface area contributed by atoms with Crippen molar-refractivity contribution in [3.63, 3.8) is 0 Å². The predicted molar refractivity (Wildman–Crippen MR) is 79.2 cm³/mol. The van der Waals surface area contributed by atoms with Gasteiger partial charge in [-0.1, -0.05) is 5.10 Å². The third-order valence-corrected chi connectivity index (χ3v) is 2.94. The lowest BCUT2D eigenvalue weighted by atomic mass is 10.2. The number of carbonyl (C=O) groups excluding carboxylic acids is 1. The number of aromatic nitrogens is 4. The molecule has 0 bridgehead atoms. The third-order valence-electron chi connectivity index (χ3n) is 2.94. The maximum atomic E-state index is 12.0. The Hall–Kier alpha value is -3.60. The Morgan fingerprint density at radius 1 is 1.17 bits per heavy atom. The van der Waals surface area contributed by atoms with E-state index in [9.17, 15) is 4.79 Å². The van der Waals surface area contributed by atoms with Crippen LogP contribution in [0, 0.1) is 18.3 Å². The molecule has 23 heavy (non-hydrogen) atoms. The van der Waals surface area contributed by atoms with Crippen LogP contribution in [0.25, 0.3) is 11.5 Å². The molecule has 0 unspecified atom stereocenters. The summed E-state index contributed by atoms with van der Waals surface area (Å²) in [4.78, 5) is 20.0. The number of amides is 1. The van der Waals surface area contributed by atoms with Crippen LogP contribution in [0.4, 0.5) is 6.01 Å². The first-order chi connectivity index (χ1) is 11.2. The van der Waals surface area contributed by atoms with E-state index in [1.165, 1.54) is 18.5 Å².